The first-order valence-electron chi connectivity index (χ1n) is 10.1. The summed E-state index contributed by atoms with van der Waals surface area (Å²) in [6.07, 6.45) is 15.9. The van der Waals surface area contributed by atoms with Crippen LogP contribution >= 0.6 is 0 Å². The van der Waals surface area contributed by atoms with Gasteiger partial charge in [0.05, 0.1) is 0 Å². The molecule has 132 valence electrons. The summed E-state index contributed by atoms with van der Waals surface area (Å²) < 4.78 is 0. The van der Waals surface area contributed by atoms with Crippen molar-refractivity contribution in [1.29, 1.82) is 0 Å². The van der Waals surface area contributed by atoms with Gasteiger partial charge in [0.15, 0.2) is 0 Å². The number of allylic oxidation sites excluding steroid dienone is 2. The molecule has 0 bridgehead atoms. The van der Waals surface area contributed by atoms with Gasteiger partial charge in [-0.2, -0.15) is 0 Å². The minimum absolute atomic E-state index is 0.807. The van der Waals surface area contributed by atoms with Crippen molar-refractivity contribution in [2.45, 2.75) is 99.8 Å². The largest absolute Gasteiger partial charge is 0.0880 e. The second-order valence-corrected chi connectivity index (χ2v) is 7.99. The van der Waals surface area contributed by atoms with Crippen molar-refractivity contribution < 1.29 is 0 Å². The van der Waals surface area contributed by atoms with Gasteiger partial charge in [0.2, 0.25) is 0 Å². The van der Waals surface area contributed by atoms with Gasteiger partial charge >= 0.3 is 0 Å². The smallest absolute Gasteiger partial charge is 0.0208 e. The van der Waals surface area contributed by atoms with Crippen LogP contribution in [0, 0.1) is 29.6 Å². The predicted octanol–water partition coefficient (Wildman–Crippen LogP) is 7.88. The zero-order chi connectivity index (χ0) is 17.0. The summed E-state index contributed by atoms with van der Waals surface area (Å²) >= 11 is 0. The van der Waals surface area contributed by atoms with Gasteiger partial charge in [0.1, 0.15) is 0 Å². The first-order chi connectivity index (χ1) is 10.5. The Labute approximate surface area is 142 Å². The number of hydrogen-bond acceptors (Lipinski definition) is 0. The molecular weight excluding hydrogens is 264 g/mol. The van der Waals surface area contributed by atoms with E-state index in [9.17, 15) is 0 Å². The maximum Gasteiger partial charge on any atom is -0.0208 e. The number of rotatable bonds is 13. The minimum Gasteiger partial charge on any atom is -0.0880 e. The molecule has 0 heterocycles. The molecule has 4 unspecified atom stereocenters. The molecular formula is C22H44. The van der Waals surface area contributed by atoms with Gasteiger partial charge in [0.25, 0.3) is 0 Å². The van der Waals surface area contributed by atoms with E-state index in [0.29, 0.717) is 0 Å². The van der Waals surface area contributed by atoms with E-state index < -0.39 is 0 Å². The van der Waals surface area contributed by atoms with E-state index >= 15 is 0 Å². The van der Waals surface area contributed by atoms with E-state index in [1.807, 2.05) is 0 Å². The lowest BCUT2D eigenvalue weighted by molar-refractivity contribution is 0.321. The third-order valence-electron chi connectivity index (χ3n) is 5.50. The van der Waals surface area contributed by atoms with Gasteiger partial charge in [-0.1, -0.05) is 86.3 Å². The highest BCUT2D eigenvalue weighted by Crippen LogP contribution is 2.28. The standard InChI is InChI=1S/C22H44/c1-8-11-15-22(13-9-2)21(10-3)16-12-14-19(6)17-20(7)18(4)5/h12,16,18-22H,8-11,13-15,17H2,1-7H3. The molecule has 0 radical (unpaired) electrons. The first kappa shape index (κ1) is 21.7. The van der Waals surface area contributed by atoms with Crippen LogP contribution in [0.15, 0.2) is 12.2 Å². The fourth-order valence-electron chi connectivity index (χ4n) is 3.52. The third kappa shape index (κ3) is 9.70. The Balaban J connectivity index is 4.37. The highest BCUT2D eigenvalue weighted by Gasteiger charge is 2.16. The van der Waals surface area contributed by atoms with E-state index in [1.165, 1.54) is 51.4 Å². The van der Waals surface area contributed by atoms with Crippen LogP contribution in [0.1, 0.15) is 99.8 Å². The van der Waals surface area contributed by atoms with Crippen LogP contribution in [0.4, 0.5) is 0 Å². The lowest BCUT2D eigenvalue weighted by Gasteiger charge is -2.24. The summed E-state index contributed by atoms with van der Waals surface area (Å²) in [7, 11) is 0. The molecule has 22 heavy (non-hydrogen) atoms. The fraction of sp³-hybridized carbons (Fsp3) is 0.909. The molecule has 0 rings (SSSR count). The number of hydrogen-bond donors (Lipinski definition) is 0. The molecule has 0 N–H and O–H groups in total. The summed E-state index contributed by atoms with van der Waals surface area (Å²) in [6.45, 7) is 16.6. The minimum atomic E-state index is 0.807. The Morgan fingerprint density at radius 1 is 0.864 bits per heavy atom. The van der Waals surface area contributed by atoms with Crippen molar-refractivity contribution in [1.82, 2.24) is 0 Å². The van der Waals surface area contributed by atoms with Gasteiger partial charge in [-0.25, -0.2) is 0 Å². The van der Waals surface area contributed by atoms with Gasteiger partial charge in [-0.3, -0.25) is 0 Å². The molecule has 0 aliphatic heterocycles. The van der Waals surface area contributed by atoms with Crippen LogP contribution in [-0.2, 0) is 0 Å². The van der Waals surface area contributed by atoms with Crippen molar-refractivity contribution in [2.75, 3.05) is 0 Å². The molecule has 0 aromatic rings. The second kappa shape index (κ2) is 13.2. The lowest BCUT2D eigenvalue weighted by Crippen LogP contribution is -2.12. The highest BCUT2D eigenvalue weighted by molar-refractivity contribution is 4.92. The van der Waals surface area contributed by atoms with Crippen LogP contribution in [-0.4, -0.2) is 0 Å². The maximum absolute atomic E-state index is 2.56. The van der Waals surface area contributed by atoms with Crippen LogP contribution in [0.5, 0.6) is 0 Å². The van der Waals surface area contributed by atoms with Crippen molar-refractivity contribution >= 4 is 0 Å². The van der Waals surface area contributed by atoms with Crippen molar-refractivity contribution in [3.63, 3.8) is 0 Å². The van der Waals surface area contributed by atoms with E-state index in [1.54, 1.807) is 0 Å². The van der Waals surface area contributed by atoms with Gasteiger partial charge in [0, 0.05) is 0 Å². The van der Waals surface area contributed by atoms with Crippen molar-refractivity contribution in [3.05, 3.63) is 12.2 Å². The molecule has 0 saturated heterocycles. The van der Waals surface area contributed by atoms with Crippen LogP contribution in [0.3, 0.4) is 0 Å². The summed E-state index contributed by atoms with van der Waals surface area (Å²) in [4.78, 5) is 0. The van der Waals surface area contributed by atoms with Crippen molar-refractivity contribution in [3.8, 4) is 0 Å². The fourth-order valence-corrected chi connectivity index (χ4v) is 3.52. The van der Waals surface area contributed by atoms with E-state index in [4.69, 9.17) is 0 Å². The maximum atomic E-state index is 2.56. The van der Waals surface area contributed by atoms with Crippen molar-refractivity contribution in [2.24, 2.45) is 29.6 Å². The quantitative estimate of drug-likeness (QED) is 0.303. The van der Waals surface area contributed by atoms with Gasteiger partial charge < -0.3 is 0 Å². The zero-order valence-electron chi connectivity index (χ0n) is 16.7. The molecule has 0 aliphatic rings. The van der Waals surface area contributed by atoms with Gasteiger partial charge in [-0.05, 0) is 55.3 Å². The summed E-state index contributed by atoms with van der Waals surface area (Å²) in [5, 5.41) is 0. The first-order valence-corrected chi connectivity index (χ1v) is 10.1. The summed E-state index contributed by atoms with van der Waals surface area (Å²) in [6, 6.07) is 0. The van der Waals surface area contributed by atoms with Crippen LogP contribution in [0.2, 0.25) is 0 Å². The Kier molecular flexibility index (Phi) is 13.0. The second-order valence-electron chi connectivity index (χ2n) is 7.99. The molecule has 0 aromatic carbocycles. The van der Waals surface area contributed by atoms with E-state index in [-0.39, 0.29) is 0 Å². The highest BCUT2D eigenvalue weighted by atomic mass is 14.2. The summed E-state index contributed by atoms with van der Waals surface area (Å²) in [5.74, 6) is 4.21. The van der Waals surface area contributed by atoms with Crippen LogP contribution < -0.4 is 0 Å². The normalized spacial score (nSPS) is 17.8. The molecule has 0 amide bonds. The Morgan fingerprint density at radius 3 is 2.05 bits per heavy atom. The molecule has 0 heteroatoms. The topological polar surface area (TPSA) is 0 Å². The molecule has 0 aromatic heterocycles. The van der Waals surface area contributed by atoms with E-state index in [2.05, 4.69) is 60.6 Å². The van der Waals surface area contributed by atoms with Gasteiger partial charge in [-0.15, -0.1) is 0 Å². The molecule has 0 saturated carbocycles. The Bertz CT molecular complexity index is 263. The lowest BCUT2D eigenvalue weighted by atomic mass is 9.82. The average molecular weight is 309 g/mol. The third-order valence-corrected chi connectivity index (χ3v) is 5.50. The molecule has 4 atom stereocenters. The molecule has 0 fully saturated rings. The summed E-state index contributed by atoms with van der Waals surface area (Å²) in [5.41, 5.74) is 0. The number of unbranched alkanes of at least 4 members (excludes halogenated alkanes) is 1. The SMILES string of the molecule is CCCCC(CCC)C(C=CCC(C)CC(C)C(C)C)CC. The zero-order valence-corrected chi connectivity index (χ0v) is 16.7. The predicted molar refractivity (Wildman–Crippen MR) is 103 cm³/mol. The molecule has 0 nitrogen and oxygen atoms in total. The average Bonchev–Trinajstić information content (AvgIpc) is 2.48. The Hall–Kier alpha value is -0.260. The monoisotopic (exact) mass is 308 g/mol. The molecule has 0 aliphatic carbocycles. The Morgan fingerprint density at radius 2 is 1.55 bits per heavy atom. The van der Waals surface area contributed by atoms with E-state index in [0.717, 1.165) is 29.6 Å². The molecule has 0 spiro atoms. The van der Waals surface area contributed by atoms with Crippen LogP contribution in [0.25, 0.3) is 0 Å².